The van der Waals surface area contributed by atoms with E-state index in [1.54, 1.807) is 43.0 Å². The number of rotatable bonds is 10. The highest BCUT2D eigenvalue weighted by atomic mass is 32.2. The van der Waals surface area contributed by atoms with Gasteiger partial charge in [-0.25, -0.2) is 9.59 Å². The summed E-state index contributed by atoms with van der Waals surface area (Å²) in [6, 6.07) is 11.0. The molecule has 180 valence electrons. The summed E-state index contributed by atoms with van der Waals surface area (Å²) in [6.45, 7) is 3.15. The van der Waals surface area contributed by atoms with Gasteiger partial charge in [0.25, 0.3) is 5.91 Å². The van der Waals surface area contributed by atoms with E-state index >= 15 is 0 Å². The minimum Gasteiger partial charge on any atom is -0.473 e. The van der Waals surface area contributed by atoms with E-state index in [1.807, 2.05) is 26.2 Å². The van der Waals surface area contributed by atoms with Crippen molar-refractivity contribution in [2.45, 2.75) is 25.6 Å². The highest BCUT2D eigenvalue weighted by molar-refractivity contribution is 7.98. The predicted molar refractivity (Wildman–Crippen MR) is 125 cm³/mol. The van der Waals surface area contributed by atoms with E-state index in [1.165, 1.54) is 0 Å². The van der Waals surface area contributed by atoms with Crippen LogP contribution in [0.3, 0.4) is 0 Å². The van der Waals surface area contributed by atoms with Crippen molar-refractivity contribution in [2.24, 2.45) is 0 Å². The van der Waals surface area contributed by atoms with E-state index in [-0.39, 0.29) is 11.8 Å². The van der Waals surface area contributed by atoms with Gasteiger partial charge in [0.2, 0.25) is 5.91 Å². The molecule has 2 amide bonds. The lowest BCUT2D eigenvalue weighted by atomic mass is 10.2. The minimum atomic E-state index is -1.82. The molecule has 4 N–H and O–H groups in total. The Morgan fingerprint density at radius 3 is 2.30 bits per heavy atom. The van der Waals surface area contributed by atoms with Gasteiger partial charge in [0.1, 0.15) is 11.5 Å². The van der Waals surface area contributed by atoms with E-state index in [0.717, 1.165) is 29.6 Å². The Morgan fingerprint density at radius 2 is 1.70 bits per heavy atom. The number of nitrogens with zero attached hydrogens (tertiary/aromatic N) is 1. The standard InChI is InChI=1S/C20H27N3O3S.C2H2O4/c1-4-19(24)22-16-7-5-6-15(12-16)20(25)21-10-11-27-14-18-9-8-17(26-18)13-23(2)3;3-1(4)2(5)6/h5-9,12H,4,10-11,13-14H2,1-3H3,(H,21,25)(H,22,24);(H,3,4)(H,5,6). The Balaban J connectivity index is 0.000000801. The molecule has 0 aliphatic rings. The topological polar surface area (TPSA) is 149 Å². The fraction of sp³-hybridized carbons (Fsp3) is 0.364. The molecule has 33 heavy (non-hydrogen) atoms. The molecular formula is C22H29N3O7S. The highest BCUT2D eigenvalue weighted by Crippen LogP contribution is 2.16. The van der Waals surface area contributed by atoms with Crippen LogP contribution in [0.5, 0.6) is 0 Å². The second kappa shape index (κ2) is 14.7. The van der Waals surface area contributed by atoms with Crippen molar-refractivity contribution in [1.82, 2.24) is 10.2 Å². The summed E-state index contributed by atoms with van der Waals surface area (Å²) < 4.78 is 5.76. The van der Waals surface area contributed by atoms with Gasteiger partial charge >= 0.3 is 11.9 Å². The van der Waals surface area contributed by atoms with Crippen LogP contribution in [-0.4, -0.2) is 65.3 Å². The minimum absolute atomic E-state index is 0.0735. The summed E-state index contributed by atoms with van der Waals surface area (Å²) >= 11 is 1.71. The van der Waals surface area contributed by atoms with Gasteiger partial charge in [-0.2, -0.15) is 11.8 Å². The number of anilines is 1. The predicted octanol–water partition coefficient (Wildman–Crippen LogP) is 2.51. The maximum Gasteiger partial charge on any atom is 0.414 e. The van der Waals surface area contributed by atoms with Crippen LogP contribution in [0.4, 0.5) is 5.69 Å². The third-order valence-electron chi connectivity index (χ3n) is 3.88. The molecule has 1 aromatic heterocycles. The molecule has 1 aromatic carbocycles. The quantitative estimate of drug-likeness (QED) is 0.298. The molecule has 0 bridgehead atoms. The molecule has 0 aliphatic carbocycles. The molecule has 0 atom stereocenters. The van der Waals surface area contributed by atoms with Gasteiger partial charge in [-0.05, 0) is 44.4 Å². The van der Waals surface area contributed by atoms with E-state index in [0.29, 0.717) is 24.2 Å². The maximum atomic E-state index is 12.2. The molecule has 11 heteroatoms. The van der Waals surface area contributed by atoms with Crippen LogP contribution < -0.4 is 10.6 Å². The van der Waals surface area contributed by atoms with Gasteiger partial charge in [0.15, 0.2) is 0 Å². The first-order valence-electron chi connectivity index (χ1n) is 10.1. The summed E-state index contributed by atoms with van der Waals surface area (Å²) in [7, 11) is 4.01. The van der Waals surface area contributed by atoms with Crippen molar-refractivity contribution in [1.29, 1.82) is 0 Å². The first-order valence-corrected chi connectivity index (χ1v) is 11.2. The molecule has 0 spiro atoms. The summed E-state index contributed by atoms with van der Waals surface area (Å²) in [5.41, 5.74) is 1.17. The summed E-state index contributed by atoms with van der Waals surface area (Å²) in [4.78, 5) is 44.0. The molecule has 0 aliphatic heterocycles. The Labute approximate surface area is 196 Å². The van der Waals surface area contributed by atoms with Crippen molar-refractivity contribution in [3.63, 3.8) is 0 Å². The number of thioether (sulfide) groups is 1. The number of carbonyl (C=O) groups is 4. The lowest BCUT2D eigenvalue weighted by Gasteiger charge is -2.08. The van der Waals surface area contributed by atoms with Crippen LogP contribution in [0.2, 0.25) is 0 Å². The van der Waals surface area contributed by atoms with Crippen molar-refractivity contribution < 1.29 is 33.8 Å². The lowest BCUT2D eigenvalue weighted by molar-refractivity contribution is -0.159. The average molecular weight is 480 g/mol. The normalized spacial score (nSPS) is 10.2. The number of hydrogen-bond acceptors (Lipinski definition) is 7. The monoisotopic (exact) mass is 479 g/mol. The number of aliphatic carboxylic acids is 2. The molecule has 0 fully saturated rings. The van der Waals surface area contributed by atoms with Crippen LogP contribution in [0.1, 0.15) is 35.2 Å². The van der Waals surface area contributed by atoms with Gasteiger partial charge in [-0.15, -0.1) is 0 Å². The van der Waals surface area contributed by atoms with Gasteiger partial charge in [0.05, 0.1) is 12.3 Å². The third kappa shape index (κ3) is 11.8. The summed E-state index contributed by atoms with van der Waals surface area (Å²) in [6.07, 6.45) is 0.403. The largest absolute Gasteiger partial charge is 0.473 e. The van der Waals surface area contributed by atoms with Gasteiger partial charge in [-0.3, -0.25) is 9.59 Å². The van der Waals surface area contributed by atoms with Crippen molar-refractivity contribution in [3.05, 3.63) is 53.5 Å². The maximum absolute atomic E-state index is 12.2. The van der Waals surface area contributed by atoms with E-state index < -0.39 is 11.9 Å². The Bertz CT molecular complexity index is 932. The van der Waals surface area contributed by atoms with Crippen molar-refractivity contribution in [2.75, 3.05) is 31.7 Å². The number of furan rings is 1. The molecule has 0 unspecified atom stereocenters. The van der Waals surface area contributed by atoms with Gasteiger partial charge < -0.3 is 30.2 Å². The van der Waals surface area contributed by atoms with Crippen molar-refractivity contribution >= 4 is 41.2 Å². The fourth-order valence-corrected chi connectivity index (χ4v) is 3.14. The van der Waals surface area contributed by atoms with Crippen LogP contribution in [0.15, 0.2) is 40.8 Å². The number of carboxylic acids is 2. The first kappa shape index (κ1) is 27.7. The highest BCUT2D eigenvalue weighted by Gasteiger charge is 2.08. The number of benzene rings is 1. The molecule has 2 aromatic rings. The zero-order valence-corrected chi connectivity index (χ0v) is 19.6. The summed E-state index contributed by atoms with van der Waals surface area (Å²) in [5, 5.41) is 20.4. The van der Waals surface area contributed by atoms with E-state index in [2.05, 4.69) is 15.5 Å². The number of amides is 2. The van der Waals surface area contributed by atoms with Crippen LogP contribution in [-0.2, 0) is 26.7 Å². The Kier molecular flexibility index (Phi) is 12.3. The number of nitrogens with one attached hydrogen (secondary N) is 2. The molecular weight excluding hydrogens is 450 g/mol. The van der Waals surface area contributed by atoms with Crippen LogP contribution in [0.25, 0.3) is 0 Å². The second-order valence-electron chi connectivity index (χ2n) is 7.01. The van der Waals surface area contributed by atoms with E-state index in [9.17, 15) is 9.59 Å². The molecule has 0 saturated heterocycles. The van der Waals surface area contributed by atoms with Gasteiger partial charge in [0, 0.05) is 30.0 Å². The molecule has 0 saturated carbocycles. The van der Waals surface area contributed by atoms with Gasteiger partial charge in [-0.1, -0.05) is 13.0 Å². The van der Waals surface area contributed by atoms with Crippen molar-refractivity contribution in [3.8, 4) is 0 Å². The molecule has 0 radical (unpaired) electrons. The molecule has 1 heterocycles. The van der Waals surface area contributed by atoms with E-state index in [4.69, 9.17) is 24.2 Å². The summed E-state index contributed by atoms with van der Waals surface area (Å²) in [5.74, 6) is -0.389. The lowest BCUT2D eigenvalue weighted by Crippen LogP contribution is -2.25. The molecule has 10 nitrogen and oxygen atoms in total. The zero-order valence-electron chi connectivity index (χ0n) is 18.8. The smallest absolute Gasteiger partial charge is 0.414 e. The average Bonchev–Trinajstić information content (AvgIpc) is 3.20. The Hall–Kier alpha value is -3.31. The SMILES string of the molecule is CCC(=O)Nc1cccc(C(=O)NCCSCc2ccc(CN(C)C)o2)c1.O=C(O)C(=O)O. The number of hydrogen-bond donors (Lipinski definition) is 4. The number of carbonyl (C=O) groups excluding carboxylic acids is 2. The molecule has 2 rings (SSSR count). The first-order chi connectivity index (χ1) is 15.6. The second-order valence-corrected chi connectivity index (χ2v) is 8.11. The Morgan fingerprint density at radius 1 is 1.03 bits per heavy atom. The number of carboxylic acid groups (broad SMARTS) is 2. The van der Waals surface area contributed by atoms with Crippen LogP contribution >= 0.6 is 11.8 Å². The fourth-order valence-electron chi connectivity index (χ4n) is 2.40. The zero-order chi connectivity index (χ0) is 24.8. The third-order valence-corrected chi connectivity index (χ3v) is 4.86. The van der Waals surface area contributed by atoms with Crippen LogP contribution in [0, 0.1) is 0 Å².